The Bertz CT molecular complexity index is 423. The SMILES string of the molecule is CSc1ccc(C2CC2)cc1COC1CCCCO1. The van der Waals surface area contributed by atoms with Gasteiger partial charge in [-0.15, -0.1) is 11.8 Å². The van der Waals surface area contributed by atoms with Crippen molar-refractivity contribution in [2.45, 2.75) is 55.8 Å². The predicted molar refractivity (Wildman–Crippen MR) is 78.6 cm³/mol. The normalized spacial score (nSPS) is 23.5. The van der Waals surface area contributed by atoms with E-state index in [0.717, 1.165) is 18.9 Å². The monoisotopic (exact) mass is 278 g/mol. The average Bonchev–Trinajstić information content (AvgIpc) is 3.30. The van der Waals surface area contributed by atoms with Crippen LogP contribution in [-0.4, -0.2) is 19.2 Å². The summed E-state index contributed by atoms with van der Waals surface area (Å²) in [7, 11) is 0. The second kappa shape index (κ2) is 6.29. The van der Waals surface area contributed by atoms with Crippen LogP contribution in [-0.2, 0) is 16.1 Å². The smallest absolute Gasteiger partial charge is 0.158 e. The van der Waals surface area contributed by atoms with Crippen LogP contribution in [0.5, 0.6) is 0 Å². The van der Waals surface area contributed by atoms with Crippen molar-refractivity contribution >= 4 is 11.8 Å². The molecule has 2 fully saturated rings. The minimum atomic E-state index is 0.00744. The molecule has 2 aliphatic rings. The molecule has 19 heavy (non-hydrogen) atoms. The molecule has 1 unspecified atom stereocenters. The fourth-order valence-corrected chi connectivity index (χ4v) is 3.19. The summed E-state index contributed by atoms with van der Waals surface area (Å²) in [6.45, 7) is 1.53. The summed E-state index contributed by atoms with van der Waals surface area (Å²) < 4.78 is 11.6. The minimum absolute atomic E-state index is 0.00744. The number of hydrogen-bond donors (Lipinski definition) is 0. The summed E-state index contributed by atoms with van der Waals surface area (Å²) in [6.07, 6.45) is 8.28. The highest BCUT2D eigenvalue weighted by Gasteiger charge is 2.24. The molecule has 1 aromatic carbocycles. The van der Waals surface area contributed by atoms with Gasteiger partial charge >= 0.3 is 0 Å². The molecule has 1 saturated heterocycles. The van der Waals surface area contributed by atoms with E-state index in [1.165, 1.54) is 41.7 Å². The lowest BCUT2D eigenvalue weighted by Gasteiger charge is -2.23. The quantitative estimate of drug-likeness (QED) is 0.747. The minimum Gasteiger partial charge on any atom is -0.353 e. The van der Waals surface area contributed by atoms with Gasteiger partial charge < -0.3 is 9.47 Å². The third-order valence-corrected chi connectivity index (χ3v) is 4.75. The van der Waals surface area contributed by atoms with Crippen LogP contribution < -0.4 is 0 Å². The molecular weight excluding hydrogens is 256 g/mol. The maximum atomic E-state index is 5.93. The Morgan fingerprint density at radius 3 is 2.84 bits per heavy atom. The summed E-state index contributed by atoms with van der Waals surface area (Å²) >= 11 is 1.80. The highest BCUT2D eigenvalue weighted by Crippen LogP contribution is 2.41. The van der Waals surface area contributed by atoms with Gasteiger partial charge in [-0.2, -0.15) is 0 Å². The number of thioether (sulfide) groups is 1. The van der Waals surface area contributed by atoms with Crippen LogP contribution in [0.15, 0.2) is 23.1 Å². The standard InChI is InChI=1S/C16H22O2S/c1-19-15-8-7-13(12-5-6-12)10-14(15)11-18-16-4-2-3-9-17-16/h7-8,10,12,16H,2-6,9,11H2,1H3. The van der Waals surface area contributed by atoms with Gasteiger partial charge in [-0.25, -0.2) is 0 Å². The first kappa shape index (κ1) is 13.5. The van der Waals surface area contributed by atoms with E-state index in [-0.39, 0.29) is 6.29 Å². The molecule has 0 spiro atoms. The lowest BCUT2D eigenvalue weighted by atomic mass is 10.1. The van der Waals surface area contributed by atoms with Gasteiger partial charge in [0.15, 0.2) is 6.29 Å². The van der Waals surface area contributed by atoms with E-state index in [1.807, 2.05) is 0 Å². The molecule has 0 radical (unpaired) electrons. The zero-order chi connectivity index (χ0) is 13.1. The third-order valence-electron chi connectivity index (χ3n) is 3.92. The van der Waals surface area contributed by atoms with Gasteiger partial charge in [-0.05, 0) is 61.5 Å². The van der Waals surface area contributed by atoms with Crippen LogP contribution in [0.4, 0.5) is 0 Å². The van der Waals surface area contributed by atoms with Crippen molar-refractivity contribution in [3.63, 3.8) is 0 Å². The second-order valence-corrected chi connectivity index (χ2v) is 6.30. The zero-order valence-corrected chi connectivity index (χ0v) is 12.4. The molecule has 3 heteroatoms. The zero-order valence-electron chi connectivity index (χ0n) is 11.6. The predicted octanol–water partition coefficient (Wildman–Crippen LogP) is 4.33. The van der Waals surface area contributed by atoms with Gasteiger partial charge in [-0.3, -0.25) is 0 Å². The molecule has 3 rings (SSSR count). The Hall–Kier alpha value is -0.510. The average molecular weight is 278 g/mol. The molecular formula is C16H22O2S. The number of benzene rings is 1. The Morgan fingerprint density at radius 2 is 2.16 bits per heavy atom. The van der Waals surface area contributed by atoms with E-state index in [9.17, 15) is 0 Å². The number of rotatable bonds is 5. The molecule has 104 valence electrons. The van der Waals surface area contributed by atoms with Gasteiger partial charge in [0.1, 0.15) is 0 Å². The first-order valence-electron chi connectivity index (χ1n) is 7.27. The summed E-state index contributed by atoms with van der Waals surface area (Å²) in [5.41, 5.74) is 2.81. The Labute approximate surface area is 119 Å². The Morgan fingerprint density at radius 1 is 1.26 bits per heavy atom. The van der Waals surface area contributed by atoms with Crippen LogP contribution >= 0.6 is 11.8 Å². The number of hydrogen-bond acceptors (Lipinski definition) is 3. The van der Waals surface area contributed by atoms with Crippen LogP contribution in [0.2, 0.25) is 0 Å². The fourth-order valence-electron chi connectivity index (χ4n) is 2.61. The largest absolute Gasteiger partial charge is 0.353 e. The van der Waals surface area contributed by atoms with Gasteiger partial charge in [0, 0.05) is 11.5 Å². The van der Waals surface area contributed by atoms with Gasteiger partial charge in [0.25, 0.3) is 0 Å². The van der Waals surface area contributed by atoms with E-state index < -0.39 is 0 Å². The van der Waals surface area contributed by atoms with E-state index >= 15 is 0 Å². The van der Waals surface area contributed by atoms with Gasteiger partial charge in [0.2, 0.25) is 0 Å². The number of ether oxygens (including phenoxy) is 2. The second-order valence-electron chi connectivity index (χ2n) is 5.45. The Balaban J connectivity index is 1.65. The molecule has 1 atom stereocenters. The van der Waals surface area contributed by atoms with Crippen LogP contribution in [0.25, 0.3) is 0 Å². The molecule has 1 aromatic rings. The van der Waals surface area contributed by atoms with Crippen LogP contribution in [0.1, 0.15) is 49.1 Å². The van der Waals surface area contributed by atoms with Crippen molar-refractivity contribution in [2.75, 3.05) is 12.9 Å². The molecule has 1 aliphatic heterocycles. The maximum absolute atomic E-state index is 5.93. The molecule has 2 nitrogen and oxygen atoms in total. The lowest BCUT2D eigenvalue weighted by Crippen LogP contribution is -2.22. The van der Waals surface area contributed by atoms with Crippen molar-refractivity contribution in [2.24, 2.45) is 0 Å². The van der Waals surface area contributed by atoms with Crippen molar-refractivity contribution in [1.82, 2.24) is 0 Å². The van der Waals surface area contributed by atoms with Crippen LogP contribution in [0.3, 0.4) is 0 Å². The van der Waals surface area contributed by atoms with Gasteiger partial charge in [-0.1, -0.05) is 12.1 Å². The highest BCUT2D eigenvalue weighted by atomic mass is 32.2. The third kappa shape index (κ3) is 3.53. The van der Waals surface area contributed by atoms with E-state index in [0.29, 0.717) is 6.61 Å². The van der Waals surface area contributed by atoms with E-state index in [4.69, 9.17) is 9.47 Å². The topological polar surface area (TPSA) is 18.5 Å². The summed E-state index contributed by atoms with van der Waals surface area (Å²) in [6, 6.07) is 6.87. The molecule has 0 N–H and O–H groups in total. The molecule has 1 heterocycles. The first-order valence-corrected chi connectivity index (χ1v) is 8.49. The van der Waals surface area contributed by atoms with Crippen molar-refractivity contribution in [3.05, 3.63) is 29.3 Å². The lowest BCUT2D eigenvalue weighted by molar-refractivity contribution is -0.169. The Kier molecular flexibility index (Phi) is 4.46. The first-order chi connectivity index (χ1) is 9.36. The molecule has 0 amide bonds. The van der Waals surface area contributed by atoms with Gasteiger partial charge in [0.05, 0.1) is 6.61 Å². The fraction of sp³-hybridized carbons (Fsp3) is 0.625. The van der Waals surface area contributed by atoms with Crippen LogP contribution in [0, 0.1) is 0 Å². The molecule has 0 bridgehead atoms. The van der Waals surface area contributed by atoms with Crippen molar-refractivity contribution in [3.8, 4) is 0 Å². The molecule has 1 aliphatic carbocycles. The summed E-state index contributed by atoms with van der Waals surface area (Å²) in [4.78, 5) is 1.33. The van der Waals surface area contributed by atoms with E-state index in [2.05, 4.69) is 24.5 Å². The van der Waals surface area contributed by atoms with E-state index in [1.54, 1.807) is 11.8 Å². The summed E-state index contributed by atoms with van der Waals surface area (Å²) in [5.74, 6) is 0.806. The highest BCUT2D eigenvalue weighted by molar-refractivity contribution is 7.98. The molecule has 0 aromatic heterocycles. The molecule has 1 saturated carbocycles. The van der Waals surface area contributed by atoms with Crippen molar-refractivity contribution in [1.29, 1.82) is 0 Å². The summed E-state index contributed by atoms with van der Waals surface area (Å²) in [5, 5.41) is 0. The maximum Gasteiger partial charge on any atom is 0.158 e. The van der Waals surface area contributed by atoms with Crippen molar-refractivity contribution < 1.29 is 9.47 Å².